The number of H-pyrrole nitrogens is 1. The molecular weight excluding hydrogens is 958 g/mol. The fraction of sp³-hybridized carbons (Fsp3) is 0.456. The number of anilines is 2. The van der Waals surface area contributed by atoms with E-state index in [4.69, 9.17) is 4.74 Å². The Bertz CT molecular complexity index is 3100. The third kappa shape index (κ3) is 11.2. The molecule has 1 unspecified atom stereocenters. The van der Waals surface area contributed by atoms with Gasteiger partial charge in [0, 0.05) is 87.3 Å². The number of nitrogens with one attached hydrogen (secondary N) is 4. The number of amides is 1. The molecule has 1 spiro atoms. The number of aromatic amines is 1. The molecular formula is C57H70FN9O6S. The number of fused-ring (bicyclic) bond motifs is 1. The molecule has 3 aromatic heterocycles. The lowest BCUT2D eigenvalue weighted by molar-refractivity contribution is -0.751. The van der Waals surface area contributed by atoms with E-state index < -0.39 is 21.5 Å². The Labute approximate surface area is 434 Å². The second kappa shape index (κ2) is 21.0. The molecule has 0 radical (unpaired) electrons. The van der Waals surface area contributed by atoms with Crippen LogP contribution >= 0.6 is 0 Å². The molecule has 2 saturated heterocycles. The largest absolute Gasteiger partial charge is 0.629 e. The number of quaternary nitrogens is 1. The zero-order chi connectivity index (χ0) is 51.9. The number of hydroxylamine groups is 1. The monoisotopic (exact) mass is 1030 g/mol. The standard InChI is InChI=1S/C57H70FN9O6S/c1-37(2)46-8-6-7-9-47(46)51-36-65(35-40-11-10-38(3)49(58)26-40)24-25-67(51)43-30-57(31-43)19-22-66(23-20-57)42-12-13-48(52(28-42)73-44-27-41-16-21-59-53(41)61-33-44)55(68)63-74(71,72)45-29-50(64(5)70)54(62-34-45)60-32-39-14-17-56(4,69)18-15-39/h6-13,16,21,26-29,33-34,37,39,43,51,64,69H,14-15,17-20,22-25,30-32,35-36H2,1-5H3,(H,59,61)(H,60,62)(H,63,68)/t39-,51-,56-/m0/s1. The highest BCUT2D eigenvalue weighted by Gasteiger charge is 2.50. The number of piperazine rings is 1. The summed E-state index contributed by atoms with van der Waals surface area (Å²) in [6, 6.07) is 25.3. The summed E-state index contributed by atoms with van der Waals surface area (Å²) in [5.41, 5.74) is 5.60. The van der Waals surface area contributed by atoms with E-state index in [0.717, 1.165) is 94.1 Å². The minimum absolute atomic E-state index is 0.00558. The van der Waals surface area contributed by atoms with Gasteiger partial charge in [0.05, 0.1) is 30.6 Å². The van der Waals surface area contributed by atoms with Gasteiger partial charge in [-0.2, -0.15) is 0 Å². The molecule has 3 aromatic carbocycles. The third-order valence-electron chi connectivity index (χ3n) is 16.5. The quantitative estimate of drug-likeness (QED) is 0.0618. The fourth-order valence-corrected chi connectivity index (χ4v) is 12.9. The molecule has 4 fully saturated rings. The van der Waals surface area contributed by atoms with Crippen molar-refractivity contribution in [3.05, 3.63) is 136 Å². The Balaban J connectivity index is 0.832. The van der Waals surface area contributed by atoms with Crippen LogP contribution in [0.3, 0.4) is 0 Å². The minimum Gasteiger partial charge on any atom is -0.629 e. The normalized spacial score (nSPS) is 22.2. The van der Waals surface area contributed by atoms with E-state index in [1.807, 2.05) is 25.1 Å². The van der Waals surface area contributed by atoms with Crippen LogP contribution in [0.2, 0.25) is 0 Å². The van der Waals surface area contributed by atoms with Crippen molar-refractivity contribution >= 4 is 44.2 Å². The van der Waals surface area contributed by atoms with Crippen molar-refractivity contribution in [2.45, 2.75) is 114 Å². The number of aliphatic hydroxyl groups is 1. The lowest BCUT2D eigenvalue weighted by Crippen LogP contribution is -2.98. The van der Waals surface area contributed by atoms with Gasteiger partial charge in [0.2, 0.25) is 0 Å². The smallest absolute Gasteiger partial charge is 0.268 e. The van der Waals surface area contributed by atoms with Crippen LogP contribution in [-0.4, -0.2) is 102 Å². The molecule has 10 rings (SSSR count). The van der Waals surface area contributed by atoms with Gasteiger partial charge in [-0.05, 0) is 135 Å². The molecule has 2 aliphatic carbocycles. The first-order valence-electron chi connectivity index (χ1n) is 26.3. The first-order chi connectivity index (χ1) is 35.4. The molecule has 2 aliphatic heterocycles. The Morgan fingerprint density at radius 3 is 2.49 bits per heavy atom. The Hall–Kier alpha value is -5.95. The fourth-order valence-electron chi connectivity index (χ4n) is 11.9. The minimum atomic E-state index is -4.51. The van der Waals surface area contributed by atoms with Crippen LogP contribution in [0, 0.1) is 29.3 Å². The molecule has 5 N–H and O–H groups in total. The van der Waals surface area contributed by atoms with Crippen LogP contribution in [0.25, 0.3) is 11.0 Å². The number of nitrogens with zero attached hydrogens (tertiary/aromatic N) is 5. The van der Waals surface area contributed by atoms with Gasteiger partial charge in [0.15, 0.2) is 11.5 Å². The van der Waals surface area contributed by atoms with Crippen LogP contribution < -0.4 is 24.7 Å². The van der Waals surface area contributed by atoms with E-state index in [2.05, 4.69) is 83.9 Å². The highest BCUT2D eigenvalue weighted by molar-refractivity contribution is 7.90. The summed E-state index contributed by atoms with van der Waals surface area (Å²) in [6.45, 7) is 13.8. The molecule has 0 bridgehead atoms. The number of sulfonamides is 1. The van der Waals surface area contributed by atoms with Gasteiger partial charge in [0.25, 0.3) is 15.9 Å². The zero-order valence-corrected chi connectivity index (χ0v) is 44.0. The molecule has 6 aromatic rings. The summed E-state index contributed by atoms with van der Waals surface area (Å²) in [5, 5.41) is 26.9. The van der Waals surface area contributed by atoms with Gasteiger partial charge in [-0.25, -0.2) is 27.5 Å². The van der Waals surface area contributed by atoms with Crippen molar-refractivity contribution < 1.29 is 32.5 Å². The predicted octanol–water partition coefficient (Wildman–Crippen LogP) is 8.75. The van der Waals surface area contributed by atoms with E-state index >= 15 is 0 Å². The Morgan fingerprint density at radius 2 is 1.74 bits per heavy atom. The number of rotatable bonds is 15. The van der Waals surface area contributed by atoms with Gasteiger partial charge in [-0.3, -0.25) is 14.6 Å². The number of benzene rings is 3. The number of pyridine rings is 2. The number of carbonyl (C=O) groups is 1. The van der Waals surface area contributed by atoms with Crippen molar-refractivity contribution in [3.63, 3.8) is 0 Å². The number of aromatic nitrogens is 3. The summed E-state index contributed by atoms with van der Waals surface area (Å²) >= 11 is 0. The Morgan fingerprint density at radius 1 is 0.973 bits per heavy atom. The molecule has 15 nitrogen and oxygen atoms in total. The second-order valence-electron chi connectivity index (χ2n) is 22.2. The molecule has 2 atom stereocenters. The SMILES string of the molecule is Cc1ccc(CN2CCN(C3CC4(CCN(c5ccc(C(=O)NS(=O)(=O)c6cnc(NC[C@H]7CC[C@](C)(O)CC7)c([NH+](C)[O-])c6)c(Oc6cnc7[nH]ccc7c6)c5)CC4)C3)[C@H](c3ccccc3C(C)C)C2)cc1F. The number of carbonyl (C=O) groups excluding carboxylic acids is 1. The number of hydrogen-bond acceptors (Lipinski definition) is 12. The van der Waals surface area contributed by atoms with Crippen LogP contribution in [0.15, 0.2) is 102 Å². The highest BCUT2D eigenvalue weighted by atomic mass is 32.2. The summed E-state index contributed by atoms with van der Waals surface area (Å²) < 4.78 is 51.1. The van der Waals surface area contributed by atoms with E-state index in [-0.39, 0.29) is 56.0 Å². The van der Waals surface area contributed by atoms with Crippen molar-refractivity contribution in [1.82, 2.24) is 29.5 Å². The topological polar surface area (TPSA) is 184 Å². The third-order valence-corrected chi connectivity index (χ3v) is 17.8. The summed E-state index contributed by atoms with van der Waals surface area (Å²) in [4.78, 5) is 33.3. The number of hydrogen-bond donors (Lipinski definition) is 5. The molecule has 1 amide bonds. The van der Waals surface area contributed by atoms with E-state index in [1.165, 1.54) is 24.2 Å². The zero-order valence-electron chi connectivity index (χ0n) is 43.2. The van der Waals surface area contributed by atoms with Crippen LogP contribution in [0.4, 0.5) is 21.6 Å². The van der Waals surface area contributed by atoms with Crippen LogP contribution in [-0.2, 0) is 16.6 Å². The van der Waals surface area contributed by atoms with Crippen molar-refractivity contribution in [3.8, 4) is 11.5 Å². The maximum absolute atomic E-state index is 14.6. The lowest BCUT2D eigenvalue weighted by Gasteiger charge is -2.58. The second-order valence-corrected chi connectivity index (χ2v) is 23.8. The molecule has 17 heteroatoms. The number of aryl methyl sites for hydroxylation is 1. The first kappa shape index (κ1) is 51.5. The van der Waals surface area contributed by atoms with Gasteiger partial charge >= 0.3 is 0 Å². The maximum atomic E-state index is 14.6. The Kier molecular flexibility index (Phi) is 14.6. The van der Waals surface area contributed by atoms with Gasteiger partial charge in [-0.15, -0.1) is 0 Å². The molecule has 4 aliphatic rings. The van der Waals surface area contributed by atoms with Crippen molar-refractivity contribution in [1.29, 1.82) is 0 Å². The van der Waals surface area contributed by atoms with Crippen LogP contribution in [0.5, 0.6) is 11.5 Å². The lowest BCUT2D eigenvalue weighted by atomic mass is 9.59. The summed E-state index contributed by atoms with van der Waals surface area (Å²) in [6.07, 6.45) is 11.7. The summed E-state index contributed by atoms with van der Waals surface area (Å²) in [5.74, 6) is 0.403. The predicted molar refractivity (Wildman–Crippen MR) is 286 cm³/mol. The summed E-state index contributed by atoms with van der Waals surface area (Å²) in [7, 11) is -3.16. The van der Waals surface area contributed by atoms with Gasteiger partial charge in [0.1, 0.15) is 27.9 Å². The number of ether oxygens (including phenoxy) is 1. The van der Waals surface area contributed by atoms with E-state index in [9.17, 15) is 27.9 Å². The maximum Gasteiger partial charge on any atom is 0.268 e. The molecule has 74 heavy (non-hydrogen) atoms. The van der Waals surface area contributed by atoms with E-state index in [1.54, 1.807) is 43.6 Å². The molecule has 392 valence electrons. The molecule has 2 saturated carbocycles. The van der Waals surface area contributed by atoms with Gasteiger partial charge in [-0.1, -0.05) is 50.2 Å². The van der Waals surface area contributed by atoms with Crippen LogP contribution in [0.1, 0.15) is 117 Å². The highest BCUT2D eigenvalue weighted by Crippen LogP contribution is 2.53. The van der Waals surface area contributed by atoms with E-state index in [0.29, 0.717) is 54.9 Å². The first-order valence-corrected chi connectivity index (χ1v) is 27.8. The van der Waals surface area contributed by atoms with Crippen molar-refractivity contribution in [2.24, 2.45) is 11.3 Å². The number of halogens is 1. The van der Waals surface area contributed by atoms with Gasteiger partial charge < -0.3 is 35.3 Å². The average Bonchev–Trinajstić information content (AvgIpc) is 3.85. The average molecular weight is 1030 g/mol. The molecule has 5 heterocycles. The van der Waals surface area contributed by atoms with Crippen molar-refractivity contribution in [2.75, 3.05) is 56.5 Å². The number of piperidine rings is 1.